The molecule has 9 rings (SSSR count). The molecule has 0 amide bonds. The van der Waals surface area contributed by atoms with Crippen molar-refractivity contribution in [2.24, 2.45) is 0 Å². The number of ether oxygens (including phenoxy) is 2. The van der Waals surface area contributed by atoms with Gasteiger partial charge in [-0.1, -0.05) is 229 Å². The van der Waals surface area contributed by atoms with Crippen molar-refractivity contribution in [2.75, 3.05) is 23.4 Å². The van der Waals surface area contributed by atoms with Crippen LogP contribution in [-0.4, -0.2) is 13.2 Å². The highest BCUT2D eigenvalue weighted by Crippen LogP contribution is 2.58. The molecule has 4 nitrogen and oxygen atoms in total. The molecule has 75 heavy (non-hydrogen) atoms. The average molecular weight is 1030 g/mol. The third kappa shape index (κ3) is 11.5. The first-order valence-electron chi connectivity index (χ1n) is 27.5. The Morgan fingerprint density at radius 2 is 0.613 bits per heavy atom. The number of anilines is 2. The fourth-order valence-corrected chi connectivity index (χ4v) is 14.5. The first-order valence-corrected chi connectivity index (χ1v) is 30.2. The lowest BCUT2D eigenvalue weighted by molar-refractivity contribution is 0.252. The van der Waals surface area contributed by atoms with Crippen LogP contribution in [0.5, 0.6) is 11.5 Å². The smallest absolute Gasteiger partial charge is 0.129 e. The molecule has 6 heteroatoms. The minimum absolute atomic E-state index is 0.257. The Bertz CT molecular complexity index is 2850. The quantitative estimate of drug-likeness (QED) is 0.0947. The monoisotopic (exact) mass is 1030 g/mol. The minimum atomic E-state index is -1.18. The SMILES string of the molecule is CC(C)c1cc(C(C)C)c(-c2ccc3c(c2NP(c2ccccc2)c2ccccc2)-c2c(ccc(-c4c(C(C)C)cc(C(C)C)cc4C(C)C)c2NP(c2ccccc2)c2ccccc2)OCCCO3)c(C(C)C)c1. The molecule has 1 aliphatic heterocycles. The highest BCUT2D eigenvalue weighted by molar-refractivity contribution is 7.74. The van der Waals surface area contributed by atoms with Crippen LogP contribution in [0, 0.1) is 0 Å². The van der Waals surface area contributed by atoms with Gasteiger partial charge in [0.2, 0.25) is 0 Å². The number of hydrogen-bond acceptors (Lipinski definition) is 4. The van der Waals surface area contributed by atoms with Crippen LogP contribution in [0.25, 0.3) is 33.4 Å². The Balaban J connectivity index is 1.50. The predicted octanol–water partition coefficient (Wildman–Crippen LogP) is 18.5. The molecule has 0 radical (unpaired) electrons. The number of benzene rings is 8. The maximum absolute atomic E-state index is 7.20. The van der Waals surface area contributed by atoms with E-state index in [9.17, 15) is 0 Å². The summed E-state index contributed by atoms with van der Waals surface area (Å²) in [6.07, 6.45) is 0.743. The van der Waals surface area contributed by atoms with Crippen LogP contribution in [0.15, 0.2) is 170 Å². The Morgan fingerprint density at radius 3 is 0.867 bits per heavy atom. The highest BCUT2D eigenvalue weighted by atomic mass is 31.1. The van der Waals surface area contributed by atoms with Crippen LogP contribution in [0.2, 0.25) is 0 Å². The summed E-state index contributed by atoms with van der Waals surface area (Å²) in [6.45, 7) is 29.2. The Morgan fingerprint density at radius 1 is 0.333 bits per heavy atom. The minimum Gasteiger partial charge on any atom is -0.493 e. The average Bonchev–Trinajstić information content (AvgIpc) is 3.51. The second-order valence-corrected chi connectivity index (χ2v) is 25.9. The first-order chi connectivity index (χ1) is 36.2. The van der Waals surface area contributed by atoms with E-state index in [1.807, 2.05) is 0 Å². The van der Waals surface area contributed by atoms with Crippen LogP contribution < -0.4 is 40.9 Å². The zero-order chi connectivity index (χ0) is 52.9. The fourth-order valence-electron chi connectivity index (χ4n) is 10.6. The van der Waals surface area contributed by atoms with Gasteiger partial charge >= 0.3 is 0 Å². The summed E-state index contributed by atoms with van der Waals surface area (Å²) < 4.78 is 14.4. The van der Waals surface area contributed by atoms with Gasteiger partial charge in [0.15, 0.2) is 0 Å². The van der Waals surface area contributed by atoms with Gasteiger partial charge in [-0.15, -0.1) is 0 Å². The number of hydrogen-bond donors (Lipinski definition) is 2. The van der Waals surface area contributed by atoms with Crippen molar-refractivity contribution in [3.05, 3.63) is 203 Å². The Hall–Kier alpha value is -6.18. The molecular formula is C69H78N2O2P2. The maximum atomic E-state index is 7.20. The lowest BCUT2D eigenvalue weighted by Gasteiger charge is -2.32. The first kappa shape index (κ1) is 53.6. The van der Waals surface area contributed by atoms with Crippen LogP contribution in [0.4, 0.5) is 11.4 Å². The fraction of sp³-hybridized carbons (Fsp3) is 0.304. The van der Waals surface area contributed by atoms with Gasteiger partial charge in [0.25, 0.3) is 0 Å². The molecule has 1 heterocycles. The molecule has 0 unspecified atom stereocenters. The zero-order valence-corrected chi connectivity index (χ0v) is 48.3. The number of fused-ring (bicyclic) bond motifs is 3. The predicted molar refractivity (Wildman–Crippen MR) is 328 cm³/mol. The van der Waals surface area contributed by atoms with Crippen LogP contribution in [-0.2, 0) is 0 Å². The van der Waals surface area contributed by atoms with Gasteiger partial charge in [0.05, 0.1) is 51.9 Å². The molecule has 2 N–H and O–H groups in total. The van der Waals surface area contributed by atoms with Crippen molar-refractivity contribution in [2.45, 2.75) is 125 Å². The third-order valence-electron chi connectivity index (χ3n) is 14.7. The molecule has 0 bridgehead atoms. The van der Waals surface area contributed by atoms with E-state index in [2.05, 4.69) is 263 Å². The van der Waals surface area contributed by atoms with Gasteiger partial charge in [0.1, 0.15) is 11.5 Å². The molecule has 0 saturated carbocycles. The highest BCUT2D eigenvalue weighted by Gasteiger charge is 2.33. The molecule has 386 valence electrons. The maximum Gasteiger partial charge on any atom is 0.129 e. The lowest BCUT2D eigenvalue weighted by Crippen LogP contribution is -2.19. The van der Waals surface area contributed by atoms with E-state index in [1.165, 1.54) is 76.9 Å². The summed E-state index contributed by atoms with van der Waals surface area (Å²) in [5.74, 6) is 3.47. The molecule has 0 atom stereocenters. The van der Waals surface area contributed by atoms with Crippen molar-refractivity contribution in [1.29, 1.82) is 0 Å². The molecule has 8 aromatic rings. The van der Waals surface area contributed by atoms with Gasteiger partial charge in [-0.05, 0) is 104 Å². The number of rotatable bonds is 16. The Labute approximate surface area is 452 Å². The van der Waals surface area contributed by atoms with Crippen molar-refractivity contribution in [3.8, 4) is 44.9 Å². The van der Waals surface area contributed by atoms with Gasteiger partial charge in [-0.25, -0.2) is 0 Å². The largest absolute Gasteiger partial charge is 0.493 e. The zero-order valence-electron chi connectivity index (χ0n) is 46.5. The summed E-state index contributed by atoms with van der Waals surface area (Å²) in [5, 5.41) is 13.9. The summed E-state index contributed by atoms with van der Waals surface area (Å²) in [4.78, 5) is 0. The van der Waals surface area contributed by atoms with Gasteiger partial charge < -0.3 is 19.6 Å². The molecule has 0 aliphatic carbocycles. The molecule has 0 saturated heterocycles. The molecule has 1 aliphatic rings. The molecule has 8 aromatic carbocycles. The van der Waals surface area contributed by atoms with Crippen molar-refractivity contribution >= 4 is 48.7 Å². The summed E-state index contributed by atoms with van der Waals surface area (Å²) in [7, 11) is -2.35. The van der Waals surface area contributed by atoms with Crippen molar-refractivity contribution in [3.63, 3.8) is 0 Å². The van der Waals surface area contributed by atoms with E-state index in [4.69, 9.17) is 9.47 Å². The van der Waals surface area contributed by atoms with Crippen LogP contribution in [0.3, 0.4) is 0 Å². The number of nitrogens with one attached hydrogen (secondary N) is 2. The van der Waals surface area contributed by atoms with Gasteiger partial charge in [-0.2, -0.15) is 0 Å². The van der Waals surface area contributed by atoms with Gasteiger partial charge in [-0.3, -0.25) is 0 Å². The van der Waals surface area contributed by atoms with Crippen molar-refractivity contribution < 1.29 is 9.47 Å². The van der Waals surface area contributed by atoms with Gasteiger partial charge in [0, 0.05) is 38.8 Å². The second-order valence-electron chi connectivity index (χ2n) is 22.1. The Kier molecular flexibility index (Phi) is 17.0. The standard InChI is InChI=1S/C69H78N2O2P2/c1-44(2)50-40-58(46(5)6)64(59(41-50)47(7)8)56-34-36-62-66(68(56)70-74(52-26-17-13-18-27-52)53-28-19-14-20-29-53)67-63(73-39-25-38-72-62)37-35-57(65-60(48(9)10)42-51(45(3)4)43-61(65)49(11)12)69(67)71-75(54-30-21-15-22-31-54)55-32-23-16-24-33-55/h13-24,26-37,40-49,70-71H,25,38-39H2,1-12H3. The van der Waals surface area contributed by atoms with Crippen LogP contribution >= 0.6 is 16.1 Å². The molecule has 0 fully saturated rings. The van der Waals surface area contributed by atoms with E-state index in [0.29, 0.717) is 25.0 Å². The van der Waals surface area contributed by atoms with E-state index in [-0.39, 0.29) is 23.7 Å². The summed E-state index contributed by atoms with van der Waals surface area (Å²) in [6, 6.07) is 63.4. The second kappa shape index (κ2) is 23.8. The lowest BCUT2D eigenvalue weighted by atomic mass is 9.79. The summed E-state index contributed by atoms with van der Waals surface area (Å²) in [5.41, 5.74) is 17.2. The summed E-state index contributed by atoms with van der Waals surface area (Å²) >= 11 is 0. The van der Waals surface area contributed by atoms with Crippen LogP contribution in [0.1, 0.15) is 158 Å². The van der Waals surface area contributed by atoms with E-state index in [0.717, 1.165) is 40.4 Å². The molecule has 0 aromatic heterocycles. The van der Waals surface area contributed by atoms with E-state index in [1.54, 1.807) is 0 Å². The normalized spacial score (nSPS) is 12.7. The van der Waals surface area contributed by atoms with E-state index < -0.39 is 16.1 Å². The molecular weight excluding hydrogens is 951 g/mol. The van der Waals surface area contributed by atoms with E-state index >= 15 is 0 Å². The third-order valence-corrected chi connectivity index (χ3v) is 18.8. The molecule has 0 spiro atoms. The topological polar surface area (TPSA) is 42.5 Å². The van der Waals surface area contributed by atoms with Crippen molar-refractivity contribution in [1.82, 2.24) is 0 Å².